The van der Waals surface area contributed by atoms with Gasteiger partial charge in [-0.05, 0) is 23.8 Å². The van der Waals surface area contributed by atoms with Crippen LogP contribution in [0, 0.1) is 5.92 Å². The molecule has 0 aliphatic carbocycles. The fourth-order valence-electron chi connectivity index (χ4n) is 3.29. The number of rotatable bonds is 1. The molecule has 4 rings (SSSR count). The average Bonchev–Trinajstić information content (AvgIpc) is 2.99. The van der Waals surface area contributed by atoms with Crippen molar-refractivity contribution < 1.29 is 19.1 Å². The molecule has 2 aliphatic rings. The Hall–Kier alpha value is -2.27. The second kappa shape index (κ2) is 5.18. The first kappa shape index (κ1) is 13.4. The van der Waals surface area contributed by atoms with Crippen LogP contribution in [0.2, 0.25) is 0 Å². The Kier molecular flexibility index (Phi) is 3.15. The van der Waals surface area contributed by atoms with Crippen molar-refractivity contribution in [1.82, 2.24) is 5.06 Å². The first-order chi connectivity index (χ1) is 10.8. The van der Waals surface area contributed by atoms with E-state index in [9.17, 15) is 4.79 Å². The number of hydrogen-bond donors (Lipinski definition) is 0. The van der Waals surface area contributed by atoms with E-state index in [0.717, 1.165) is 22.1 Å². The zero-order valence-electron chi connectivity index (χ0n) is 12.3. The summed E-state index contributed by atoms with van der Waals surface area (Å²) in [5.41, 5.74) is 1.01. The smallest absolute Gasteiger partial charge is 0.434 e. The van der Waals surface area contributed by atoms with E-state index in [1.807, 2.05) is 24.3 Å². The Morgan fingerprint density at radius 2 is 2.14 bits per heavy atom. The molecule has 5 heteroatoms. The van der Waals surface area contributed by atoms with Crippen LogP contribution in [0.4, 0.5) is 4.79 Å². The molecule has 2 aromatic rings. The molecule has 2 aliphatic heterocycles. The zero-order chi connectivity index (χ0) is 15.1. The zero-order valence-corrected chi connectivity index (χ0v) is 12.3. The van der Waals surface area contributed by atoms with E-state index in [-0.39, 0.29) is 12.0 Å². The van der Waals surface area contributed by atoms with Gasteiger partial charge in [0.1, 0.15) is 11.8 Å². The van der Waals surface area contributed by atoms with E-state index >= 15 is 0 Å². The van der Waals surface area contributed by atoms with Gasteiger partial charge in [0.05, 0.1) is 19.8 Å². The number of fused-ring (bicyclic) bond motifs is 5. The third kappa shape index (κ3) is 1.93. The Balaban J connectivity index is 1.85. The standard InChI is InChI=1S/C17H17NO4/c1-2-20-17(19)18-16-12(10-22-18)9-21-14-8-7-11-5-3-4-6-13(11)15(14)16/h3-8,12,16H,2,9-10H2,1H3/t12-,16-/m1/s1. The summed E-state index contributed by atoms with van der Waals surface area (Å²) in [6.45, 7) is 3.13. The molecule has 0 saturated carbocycles. The van der Waals surface area contributed by atoms with Crippen molar-refractivity contribution in [3.63, 3.8) is 0 Å². The van der Waals surface area contributed by atoms with E-state index in [4.69, 9.17) is 14.3 Å². The average molecular weight is 299 g/mol. The molecule has 1 fully saturated rings. The van der Waals surface area contributed by atoms with Gasteiger partial charge in [-0.2, -0.15) is 5.06 Å². The van der Waals surface area contributed by atoms with E-state index in [1.54, 1.807) is 6.92 Å². The monoisotopic (exact) mass is 299 g/mol. The molecule has 2 atom stereocenters. The quantitative estimate of drug-likeness (QED) is 0.810. The normalized spacial score (nSPS) is 22.9. The number of benzene rings is 2. The van der Waals surface area contributed by atoms with Crippen molar-refractivity contribution in [2.24, 2.45) is 5.92 Å². The largest absolute Gasteiger partial charge is 0.493 e. The summed E-state index contributed by atoms with van der Waals surface area (Å²) in [5, 5.41) is 3.60. The fourth-order valence-corrected chi connectivity index (χ4v) is 3.29. The maximum Gasteiger partial charge on any atom is 0.434 e. The van der Waals surface area contributed by atoms with E-state index in [1.165, 1.54) is 5.06 Å². The number of carbonyl (C=O) groups is 1. The predicted molar refractivity (Wildman–Crippen MR) is 80.5 cm³/mol. The lowest BCUT2D eigenvalue weighted by atomic mass is 9.88. The van der Waals surface area contributed by atoms with Crippen LogP contribution < -0.4 is 4.74 Å². The fraction of sp³-hybridized carbons (Fsp3) is 0.353. The highest BCUT2D eigenvalue weighted by Crippen LogP contribution is 2.46. The summed E-state index contributed by atoms with van der Waals surface area (Å²) in [7, 11) is 0. The number of hydrogen-bond acceptors (Lipinski definition) is 4. The molecule has 114 valence electrons. The molecule has 5 nitrogen and oxygen atoms in total. The Morgan fingerprint density at radius 1 is 1.27 bits per heavy atom. The van der Waals surface area contributed by atoms with Crippen molar-refractivity contribution >= 4 is 16.9 Å². The van der Waals surface area contributed by atoms with Crippen molar-refractivity contribution in [2.45, 2.75) is 13.0 Å². The van der Waals surface area contributed by atoms with Gasteiger partial charge in [-0.15, -0.1) is 0 Å². The van der Waals surface area contributed by atoms with Gasteiger partial charge < -0.3 is 9.47 Å². The van der Waals surface area contributed by atoms with Crippen LogP contribution in [-0.2, 0) is 9.57 Å². The maximum absolute atomic E-state index is 12.2. The molecule has 1 amide bonds. The minimum absolute atomic E-state index is 0.128. The topological polar surface area (TPSA) is 48.0 Å². The Bertz CT molecular complexity index is 730. The molecule has 0 N–H and O–H groups in total. The van der Waals surface area contributed by atoms with E-state index in [2.05, 4.69) is 12.1 Å². The van der Waals surface area contributed by atoms with Crippen LogP contribution in [-0.4, -0.2) is 31.0 Å². The second-order valence-corrected chi connectivity index (χ2v) is 5.53. The van der Waals surface area contributed by atoms with Gasteiger partial charge in [-0.1, -0.05) is 30.3 Å². The molecule has 0 aromatic heterocycles. The van der Waals surface area contributed by atoms with Crippen molar-refractivity contribution in [2.75, 3.05) is 19.8 Å². The molecule has 2 aromatic carbocycles. The minimum atomic E-state index is -0.434. The van der Waals surface area contributed by atoms with Gasteiger partial charge in [0.25, 0.3) is 0 Å². The number of nitrogens with zero attached hydrogens (tertiary/aromatic N) is 1. The van der Waals surface area contributed by atoms with Crippen LogP contribution in [0.15, 0.2) is 36.4 Å². The van der Waals surface area contributed by atoms with Crippen LogP contribution in [0.25, 0.3) is 10.8 Å². The number of carbonyl (C=O) groups excluding carboxylic acids is 1. The van der Waals surface area contributed by atoms with Crippen LogP contribution in [0.3, 0.4) is 0 Å². The molecule has 2 heterocycles. The number of amides is 1. The molecular weight excluding hydrogens is 282 g/mol. The lowest BCUT2D eigenvalue weighted by molar-refractivity contribution is -0.111. The first-order valence-electron chi connectivity index (χ1n) is 7.53. The van der Waals surface area contributed by atoms with Gasteiger partial charge >= 0.3 is 6.09 Å². The highest BCUT2D eigenvalue weighted by Gasteiger charge is 2.45. The van der Waals surface area contributed by atoms with Crippen molar-refractivity contribution in [3.05, 3.63) is 42.0 Å². The summed E-state index contributed by atoms with van der Waals surface area (Å²) in [6, 6.07) is 12.0. The molecule has 1 saturated heterocycles. The molecule has 22 heavy (non-hydrogen) atoms. The van der Waals surface area contributed by atoms with Gasteiger partial charge in [0.2, 0.25) is 0 Å². The van der Waals surface area contributed by atoms with E-state index in [0.29, 0.717) is 19.8 Å². The third-order valence-electron chi connectivity index (χ3n) is 4.25. The summed E-state index contributed by atoms with van der Waals surface area (Å²) in [4.78, 5) is 17.8. The highest BCUT2D eigenvalue weighted by molar-refractivity contribution is 5.89. The summed E-state index contributed by atoms with van der Waals surface area (Å²) in [5.74, 6) is 0.947. The lowest BCUT2D eigenvalue weighted by Gasteiger charge is -2.31. The second-order valence-electron chi connectivity index (χ2n) is 5.53. The predicted octanol–water partition coefficient (Wildman–Crippen LogP) is 3.29. The molecule has 0 radical (unpaired) electrons. The van der Waals surface area contributed by atoms with Crippen LogP contribution in [0.5, 0.6) is 5.75 Å². The Morgan fingerprint density at radius 3 is 3.00 bits per heavy atom. The van der Waals surface area contributed by atoms with Gasteiger partial charge in [0, 0.05) is 11.5 Å². The Labute approximate surface area is 128 Å². The summed E-state index contributed by atoms with van der Waals surface area (Å²) in [6.07, 6.45) is -0.434. The number of ether oxygens (including phenoxy) is 2. The molecule has 0 spiro atoms. The summed E-state index contributed by atoms with van der Waals surface area (Å²) < 4.78 is 11.0. The SMILES string of the molecule is CCOC(=O)N1OC[C@H]2COc3ccc4ccccc4c3[C@@H]21. The first-order valence-corrected chi connectivity index (χ1v) is 7.53. The van der Waals surface area contributed by atoms with Crippen molar-refractivity contribution in [3.8, 4) is 5.75 Å². The van der Waals surface area contributed by atoms with E-state index < -0.39 is 6.09 Å². The van der Waals surface area contributed by atoms with Gasteiger partial charge in [0.15, 0.2) is 0 Å². The summed E-state index contributed by atoms with van der Waals surface area (Å²) >= 11 is 0. The van der Waals surface area contributed by atoms with Crippen LogP contribution in [0.1, 0.15) is 18.5 Å². The van der Waals surface area contributed by atoms with Crippen molar-refractivity contribution in [1.29, 1.82) is 0 Å². The minimum Gasteiger partial charge on any atom is -0.493 e. The van der Waals surface area contributed by atoms with Gasteiger partial charge in [-0.25, -0.2) is 4.79 Å². The highest BCUT2D eigenvalue weighted by atomic mass is 16.7. The lowest BCUT2D eigenvalue weighted by Crippen LogP contribution is -2.35. The third-order valence-corrected chi connectivity index (χ3v) is 4.25. The molecular formula is C17H17NO4. The molecule has 0 unspecified atom stereocenters. The van der Waals surface area contributed by atoms with Crippen LogP contribution >= 0.6 is 0 Å². The molecule has 0 bridgehead atoms. The number of hydroxylamine groups is 2. The maximum atomic E-state index is 12.2. The van der Waals surface area contributed by atoms with Gasteiger partial charge in [-0.3, -0.25) is 4.84 Å².